The van der Waals surface area contributed by atoms with Crippen LogP contribution in [0.5, 0.6) is 11.5 Å². The number of hydrogen-bond acceptors (Lipinski definition) is 7. The van der Waals surface area contributed by atoms with Gasteiger partial charge in [0.25, 0.3) is 11.5 Å². The normalized spacial score (nSPS) is 11.7. The van der Waals surface area contributed by atoms with Crippen LogP contribution in [0.1, 0.15) is 28.2 Å². The molecule has 1 atom stereocenters. The average Bonchev–Trinajstić information content (AvgIpc) is 3.18. The lowest BCUT2D eigenvalue weighted by Crippen LogP contribution is -2.31. The number of anilines is 2. The summed E-state index contributed by atoms with van der Waals surface area (Å²) in [5, 5.41) is 15.2. The molecule has 0 radical (unpaired) electrons. The highest BCUT2D eigenvalue weighted by molar-refractivity contribution is 7.20. The summed E-state index contributed by atoms with van der Waals surface area (Å²) in [4.78, 5) is 44.0. The Labute approximate surface area is 198 Å². The second-order valence-electron chi connectivity index (χ2n) is 7.56. The first kappa shape index (κ1) is 23.0. The molecule has 174 valence electrons. The van der Waals surface area contributed by atoms with Crippen molar-refractivity contribution in [3.8, 4) is 11.5 Å². The van der Waals surface area contributed by atoms with Crippen molar-refractivity contribution in [3.63, 3.8) is 0 Å². The molecule has 3 N–H and O–H groups in total. The van der Waals surface area contributed by atoms with Crippen LogP contribution in [0, 0.1) is 6.92 Å². The third-order valence-electron chi connectivity index (χ3n) is 5.37. The third kappa shape index (κ3) is 4.35. The van der Waals surface area contributed by atoms with E-state index in [-0.39, 0.29) is 11.7 Å². The number of aromatic nitrogens is 2. The minimum atomic E-state index is -0.858. The maximum Gasteiger partial charge on any atom is 0.266 e. The summed E-state index contributed by atoms with van der Waals surface area (Å²) in [6, 6.07) is 12.2. The van der Waals surface area contributed by atoms with Crippen LogP contribution in [0.25, 0.3) is 10.2 Å². The number of rotatable bonds is 6. The molecule has 1 unspecified atom stereocenters. The van der Waals surface area contributed by atoms with Crippen LogP contribution in [-0.4, -0.2) is 33.6 Å². The van der Waals surface area contributed by atoms with Gasteiger partial charge in [-0.25, -0.2) is 4.98 Å². The molecule has 34 heavy (non-hydrogen) atoms. The van der Waals surface area contributed by atoms with Crippen molar-refractivity contribution in [2.75, 3.05) is 17.7 Å². The lowest BCUT2D eigenvalue weighted by atomic mass is 10.2. The van der Waals surface area contributed by atoms with Gasteiger partial charge in [-0.15, -0.1) is 11.3 Å². The highest BCUT2D eigenvalue weighted by Crippen LogP contribution is 2.30. The van der Waals surface area contributed by atoms with Crippen molar-refractivity contribution in [1.29, 1.82) is 0 Å². The predicted octanol–water partition coefficient (Wildman–Crippen LogP) is 3.93. The fourth-order valence-corrected chi connectivity index (χ4v) is 4.51. The van der Waals surface area contributed by atoms with Crippen LogP contribution in [0.3, 0.4) is 0 Å². The number of ether oxygens (including phenoxy) is 1. The molecule has 2 heterocycles. The topological polar surface area (TPSA) is 123 Å². The van der Waals surface area contributed by atoms with Crippen molar-refractivity contribution >= 4 is 44.7 Å². The number of nitrogens with one attached hydrogen (secondary N) is 2. The molecule has 0 bridgehead atoms. The van der Waals surface area contributed by atoms with E-state index in [1.54, 1.807) is 50.2 Å². The summed E-state index contributed by atoms with van der Waals surface area (Å²) in [5.41, 5.74) is 1.07. The number of fused-ring (bicyclic) bond motifs is 1. The number of benzene rings is 2. The fourth-order valence-electron chi connectivity index (χ4n) is 3.47. The Hall–Kier alpha value is -4.18. The Kier molecular flexibility index (Phi) is 6.33. The second-order valence-corrected chi connectivity index (χ2v) is 8.56. The smallest absolute Gasteiger partial charge is 0.266 e. The molecule has 2 amide bonds. The number of methoxy groups -OCH3 is 1. The molecule has 2 aromatic heterocycles. The number of hydrogen-bond donors (Lipinski definition) is 3. The van der Waals surface area contributed by atoms with E-state index < -0.39 is 17.5 Å². The van der Waals surface area contributed by atoms with Gasteiger partial charge in [0.15, 0.2) is 0 Å². The minimum Gasteiger partial charge on any atom is -0.508 e. The van der Waals surface area contributed by atoms with Gasteiger partial charge < -0.3 is 20.5 Å². The number of amides is 2. The van der Waals surface area contributed by atoms with Gasteiger partial charge in [-0.3, -0.25) is 19.0 Å². The number of phenolic OH excluding ortho intramolecular Hbond substituents is 1. The molecule has 2 aromatic carbocycles. The molecule has 0 aliphatic heterocycles. The standard InChI is InChI=1S/C24H22N4O5S/c1-13-19-23(34-20(13)22(31)27-17-6-4-5-7-18(17)33-3)25-12-28(24(19)32)14(2)21(30)26-15-8-10-16(29)11-9-15/h4-12,14,29H,1-3H3,(H,26,30)(H,27,31). The number of aromatic hydroxyl groups is 1. The lowest BCUT2D eigenvalue weighted by Gasteiger charge is -2.15. The third-order valence-corrected chi connectivity index (χ3v) is 6.57. The van der Waals surface area contributed by atoms with Crippen molar-refractivity contribution in [3.05, 3.63) is 75.7 Å². The molecule has 4 aromatic rings. The van der Waals surface area contributed by atoms with Gasteiger partial charge in [0.2, 0.25) is 5.91 Å². The largest absolute Gasteiger partial charge is 0.508 e. The van der Waals surface area contributed by atoms with E-state index in [0.29, 0.717) is 37.8 Å². The van der Waals surface area contributed by atoms with E-state index in [2.05, 4.69) is 15.6 Å². The number of para-hydroxylation sites is 2. The van der Waals surface area contributed by atoms with E-state index in [1.807, 2.05) is 0 Å². The van der Waals surface area contributed by atoms with Crippen LogP contribution in [0.15, 0.2) is 59.7 Å². The first-order valence-electron chi connectivity index (χ1n) is 10.3. The number of thiophene rings is 1. The molecular weight excluding hydrogens is 456 g/mol. The Balaban J connectivity index is 1.63. The van der Waals surface area contributed by atoms with Crippen LogP contribution in [0.2, 0.25) is 0 Å². The van der Waals surface area contributed by atoms with Crippen molar-refractivity contribution < 1.29 is 19.4 Å². The zero-order chi connectivity index (χ0) is 24.4. The average molecular weight is 479 g/mol. The molecule has 0 saturated heterocycles. The van der Waals surface area contributed by atoms with E-state index in [1.165, 1.54) is 30.1 Å². The number of nitrogens with zero attached hydrogens (tertiary/aromatic N) is 2. The summed E-state index contributed by atoms with van der Waals surface area (Å²) in [6.07, 6.45) is 1.31. The molecule has 0 fully saturated rings. The summed E-state index contributed by atoms with van der Waals surface area (Å²) >= 11 is 1.11. The minimum absolute atomic E-state index is 0.0791. The van der Waals surface area contributed by atoms with Gasteiger partial charge in [-0.05, 0) is 55.8 Å². The second kappa shape index (κ2) is 9.36. The fraction of sp³-hybridized carbons (Fsp3) is 0.167. The maximum absolute atomic E-state index is 13.3. The summed E-state index contributed by atoms with van der Waals surface area (Å²) in [7, 11) is 1.51. The molecule has 0 saturated carbocycles. The van der Waals surface area contributed by atoms with Crippen LogP contribution >= 0.6 is 11.3 Å². The lowest BCUT2D eigenvalue weighted by molar-refractivity contribution is -0.118. The van der Waals surface area contributed by atoms with Crippen molar-refractivity contribution in [2.24, 2.45) is 0 Å². The number of carbonyl (C=O) groups excluding carboxylic acids is 2. The molecule has 0 aliphatic carbocycles. The van der Waals surface area contributed by atoms with Gasteiger partial charge in [0.1, 0.15) is 22.4 Å². The molecule has 0 aliphatic rings. The highest BCUT2D eigenvalue weighted by atomic mass is 32.1. The SMILES string of the molecule is COc1ccccc1NC(=O)c1sc2ncn(C(C)C(=O)Nc3ccc(O)cc3)c(=O)c2c1C. The first-order valence-corrected chi connectivity index (χ1v) is 11.2. The zero-order valence-corrected chi connectivity index (χ0v) is 19.5. The Morgan fingerprint density at radius 3 is 2.53 bits per heavy atom. The molecule has 4 rings (SSSR count). The summed E-state index contributed by atoms with van der Waals surface area (Å²) in [6.45, 7) is 3.27. The monoisotopic (exact) mass is 478 g/mol. The predicted molar refractivity (Wildman–Crippen MR) is 131 cm³/mol. The van der Waals surface area contributed by atoms with Gasteiger partial charge in [-0.2, -0.15) is 0 Å². The van der Waals surface area contributed by atoms with Gasteiger partial charge in [0, 0.05) is 5.69 Å². The first-order chi connectivity index (χ1) is 16.3. The number of phenols is 1. The van der Waals surface area contributed by atoms with Crippen LogP contribution in [0.4, 0.5) is 11.4 Å². The van der Waals surface area contributed by atoms with E-state index in [9.17, 15) is 19.5 Å². The summed E-state index contributed by atoms with van der Waals surface area (Å²) < 4.78 is 6.51. The number of carbonyl (C=O) groups is 2. The van der Waals surface area contributed by atoms with Crippen LogP contribution < -0.4 is 20.9 Å². The van der Waals surface area contributed by atoms with Crippen LogP contribution in [-0.2, 0) is 4.79 Å². The Morgan fingerprint density at radius 2 is 1.82 bits per heavy atom. The van der Waals surface area contributed by atoms with E-state index >= 15 is 0 Å². The molecular formula is C24H22N4O5S. The molecule has 10 heteroatoms. The van der Waals surface area contributed by atoms with Crippen molar-refractivity contribution in [1.82, 2.24) is 9.55 Å². The Bertz CT molecular complexity index is 1440. The van der Waals surface area contributed by atoms with E-state index in [0.717, 1.165) is 11.3 Å². The van der Waals surface area contributed by atoms with Gasteiger partial charge in [0.05, 0.1) is 29.4 Å². The zero-order valence-electron chi connectivity index (χ0n) is 18.7. The van der Waals surface area contributed by atoms with Gasteiger partial charge >= 0.3 is 0 Å². The quantitative estimate of drug-likeness (QED) is 0.361. The highest BCUT2D eigenvalue weighted by Gasteiger charge is 2.23. The van der Waals surface area contributed by atoms with E-state index in [4.69, 9.17) is 4.74 Å². The Morgan fingerprint density at radius 1 is 1.12 bits per heavy atom. The van der Waals surface area contributed by atoms with Gasteiger partial charge in [-0.1, -0.05) is 12.1 Å². The molecule has 0 spiro atoms. The number of aryl methyl sites for hydroxylation is 1. The van der Waals surface area contributed by atoms with Crippen molar-refractivity contribution in [2.45, 2.75) is 19.9 Å². The molecule has 9 nitrogen and oxygen atoms in total. The maximum atomic E-state index is 13.3. The summed E-state index contributed by atoms with van der Waals surface area (Å²) in [5.74, 6) is -0.205.